The Balaban J connectivity index is 2.12. The molecule has 96 valence electrons. The molecule has 19 heavy (non-hydrogen) atoms. The van der Waals surface area contributed by atoms with Gasteiger partial charge in [0.25, 0.3) is 0 Å². The summed E-state index contributed by atoms with van der Waals surface area (Å²) in [5.41, 5.74) is 6.93. The average molecular weight is 257 g/mol. The summed E-state index contributed by atoms with van der Waals surface area (Å²) in [5, 5.41) is 11.7. The topological polar surface area (TPSA) is 105 Å². The van der Waals surface area contributed by atoms with E-state index in [2.05, 4.69) is 10.3 Å². The predicted molar refractivity (Wildman–Crippen MR) is 69.4 cm³/mol. The Hall–Kier alpha value is -2.89. The van der Waals surface area contributed by atoms with E-state index in [1.807, 2.05) is 0 Å². The summed E-state index contributed by atoms with van der Waals surface area (Å²) in [6.07, 6.45) is 1.42. The van der Waals surface area contributed by atoms with Gasteiger partial charge < -0.3 is 16.2 Å². The van der Waals surface area contributed by atoms with Gasteiger partial charge in [-0.05, 0) is 36.4 Å². The highest BCUT2D eigenvalue weighted by Crippen LogP contribution is 2.16. The van der Waals surface area contributed by atoms with Crippen molar-refractivity contribution in [1.82, 2.24) is 4.98 Å². The van der Waals surface area contributed by atoms with Gasteiger partial charge in [0.15, 0.2) is 0 Å². The molecule has 0 radical (unpaired) electrons. The van der Waals surface area contributed by atoms with Gasteiger partial charge in [0.05, 0.1) is 11.9 Å². The Labute approximate surface area is 108 Å². The van der Waals surface area contributed by atoms with Crippen LogP contribution in [0.25, 0.3) is 0 Å². The van der Waals surface area contributed by atoms with Crippen molar-refractivity contribution in [2.24, 2.45) is 5.73 Å². The van der Waals surface area contributed by atoms with Crippen LogP contribution in [0.2, 0.25) is 0 Å². The number of carboxylic acid groups (broad SMARTS) is 1. The summed E-state index contributed by atoms with van der Waals surface area (Å²) < 4.78 is 0. The Kier molecular flexibility index (Phi) is 3.42. The number of benzene rings is 1. The first-order chi connectivity index (χ1) is 9.06. The Bertz CT molecular complexity index is 551. The SMILES string of the molecule is NC(=O)c1ccc(Nc2ccc(C(=O)O)nc2)cc1. The van der Waals surface area contributed by atoms with E-state index in [1.54, 1.807) is 30.3 Å². The smallest absolute Gasteiger partial charge is 0.354 e. The number of hydrogen-bond donors (Lipinski definition) is 3. The zero-order valence-corrected chi connectivity index (χ0v) is 9.83. The van der Waals surface area contributed by atoms with Gasteiger partial charge in [-0.3, -0.25) is 4.79 Å². The lowest BCUT2D eigenvalue weighted by atomic mass is 10.2. The number of aromatic nitrogens is 1. The lowest BCUT2D eigenvalue weighted by molar-refractivity contribution is 0.0690. The van der Waals surface area contributed by atoms with Crippen LogP contribution in [0.4, 0.5) is 11.4 Å². The number of nitrogens with two attached hydrogens (primary N) is 1. The molecule has 1 heterocycles. The fraction of sp³-hybridized carbons (Fsp3) is 0. The maximum absolute atomic E-state index is 10.9. The molecule has 1 aromatic heterocycles. The number of pyridine rings is 1. The fourth-order valence-corrected chi connectivity index (χ4v) is 1.48. The van der Waals surface area contributed by atoms with E-state index in [4.69, 9.17) is 10.8 Å². The van der Waals surface area contributed by atoms with Crippen LogP contribution in [-0.4, -0.2) is 22.0 Å². The number of anilines is 2. The van der Waals surface area contributed by atoms with Gasteiger partial charge in [-0.1, -0.05) is 0 Å². The molecular weight excluding hydrogens is 246 g/mol. The van der Waals surface area contributed by atoms with Crippen LogP contribution in [0.1, 0.15) is 20.8 Å². The van der Waals surface area contributed by atoms with E-state index in [9.17, 15) is 9.59 Å². The molecule has 0 fully saturated rings. The van der Waals surface area contributed by atoms with Gasteiger partial charge in [-0.15, -0.1) is 0 Å². The third-order valence-corrected chi connectivity index (χ3v) is 2.44. The number of carbonyl (C=O) groups excluding carboxylic acids is 1. The second-order valence-corrected chi connectivity index (χ2v) is 3.80. The maximum atomic E-state index is 10.9. The first kappa shape index (κ1) is 12.6. The van der Waals surface area contributed by atoms with Crippen molar-refractivity contribution in [3.05, 3.63) is 53.9 Å². The summed E-state index contributed by atoms with van der Waals surface area (Å²) in [6.45, 7) is 0. The van der Waals surface area contributed by atoms with Crippen molar-refractivity contribution in [3.63, 3.8) is 0 Å². The molecule has 0 unspecified atom stereocenters. The summed E-state index contributed by atoms with van der Waals surface area (Å²) in [5.74, 6) is -1.56. The predicted octanol–water partition coefficient (Wildman–Crippen LogP) is 1.62. The number of hydrogen-bond acceptors (Lipinski definition) is 4. The molecule has 6 nitrogen and oxygen atoms in total. The highest BCUT2D eigenvalue weighted by Gasteiger charge is 2.04. The van der Waals surface area contributed by atoms with Gasteiger partial charge >= 0.3 is 5.97 Å². The number of rotatable bonds is 4. The molecule has 1 amide bonds. The molecule has 6 heteroatoms. The molecular formula is C13H11N3O3. The minimum atomic E-state index is -1.07. The Morgan fingerprint density at radius 3 is 2.16 bits per heavy atom. The molecule has 0 spiro atoms. The molecule has 0 aliphatic carbocycles. The zero-order valence-electron chi connectivity index (χ0n) is 9.83. The van der Waals surface area contributed by atoms with Gasteiger partial charge in [-0.2, -0.15) is 0 Å². The molecule has 0 atom stereocenters. The normalized spacial score (nSPS) is 9.89. The van der Waals surface area contributed by atoms with Crippen LogP contribution in [0, 0.1) is 0 Å². The molecule has 0 aliphatic rings. The lowest BCUT2D eigenvalue weighted by Gasteiger charge is -2.06. The summed E-state index contributed by atoms with van der Waals surface area (Å²) >= 11 is 0. The van der Waals surface area contributed by atoms with Gasteiger partial charge in [0.1, 0.15) is 5.69 Å². The second kappa shape index (κ2) is 5.18. The number of carboxylic acids is 1. The van der Waals surface area contributed by atoms with Crippen LogP contribution in [0.3, 0.4) is 0 Å². The third-order valence-electron chi connectivity index (χ3n) is 2.44. The van der Waals surface area contributed by atoms with E-state index in [0.29, 0.717) is 11.3 Å². The minimum absolute atomic E-state index is 0.0189. The van der Waals surface area contributed by atoms with Crippen LogP contribution in [0.5, 0.6) is 0 Å². The number of nitrogens with zero attached hydrogens (tertiary/aromatic N) is 1. The van der Waals surface area contributed by atoms with Crippen molar-refractivity contribution < 1.29 is 14.7 Å². The van der Waals surface area contributed by atoms with Crippen molar-refractivity contribution >= 4 is 23.3 Å². The first-order valence-electron chi connectivity index (χ1n) is 5.42. The molecule has 4 N–H and O–H groups in total. The summed E-state index contributed by atoms with van der Waals surface area (Å²) in [4.78, 5) is 25.3. The Morgan fingerprint density at radius 2 is 1.68 bits per heavy atom. The van der Waals surface area contributed by atoms with Gasteiger partial charge in [0, 0.05) is 11.3 Å². The quantitative estimate of drug-likeness (QED) is 0.771. The van der Waals surface area contributed by atoms with E-state index < -0.39 is 11.9 Å². The van der Waals surface area contributed by atoms with E-state index >= 15 is 0 Å². The number of carbonyl (C=O) groups is 2. The fourth-order valence-electron chi connectivity index (χ4n) is 1.48. The minimum Gasteiger partial charge on any atom is -0.477 e. The second-order valence-electron chi connectivity index (χ2n) is 3.80. The van der Waals surface area contributed by atoms with E-state index in [1.165, 1.54) is 12.3 Å². The van der Waals surface area contributed by atoms with Crippen molar-refractivity contribution in [1.29, 1.82) is 0 Å². The van der Waals surface area contributed by atoms with Crippen molar-refractivity contribution in [3.8, 4) is 0 Å². The molecule has 0 saturated carbocycles. The first-order valence-corrected chi connectivity index (χ1v) is 5.42. The van der Waals surface area contributed by atoms with Crippen molar-refractivity contribution in [2.75, 3.05) is 5.32 Å². The average Bonchev–Trinajstić information content (AvgIpc) is 2.40. The van der Waals surface area contributed by atoms with E-state index in [-0.39, 0.29) is 5.69 Å². The molecule has 1 aromatic carbocycles. The van der Waals surface area contributed by atoms with Gasteiger partial charge in [0.2, 0.25) is 5.91 Å². The summed E-state index contributed by atoms with van der Waals surface area (Å²) in [6, 6.07) is 9.62. The highest BCUT2D eigenvalue weighted by molar-refractivity contribution is 5.93. The molecule has 2 aromatic rings. The molecule has 0 aliphatic heterocycles. The summed E-state index contributed by atoms with van der Waals surface area (Å²) in [7, 11) is 0. The van der Waals surface area contributed by atoms with E-state index in [0.717, 1.165) is 5.69 Å². The van der Waals surface area contributed by atoms with Crippen LogP contribution >= 0.6 is 0 Å². The molecule has 2 rings (SSSR count). The third kappa shape index (κ3) is 3.06. The number of primary amides is 1. The van der Waals surface area contributed by atoms with Crippen LogP contribution in [-0.2, 0) is 0 Å². The van der Waals surface area contributed by atoms with Crippen molar-refractivity contribution in [2.45, 2.75) is 0 Å². The monoisotopic (exact) mass is 257 g/mol. The Morgan fingerprint density at radius 1 is 1.05 bits per heavy atom. The van der Waals surface area contributed by atoms with Crippen LogP contribution < -0.4 is 11.1 Å². The molecule has 0 bridgehead atoms. The zero-order chi connectivity index (χ0) is 13.8. The standard InChI is InChI=1S/C13H11N3O3/c14-12(17)8-1-3-9(4-2-8)16-10-5-6-11(13(18)19)15-7-10/h1-7,16H,(H2,14,17)(H,18,19). The number of aromatic carboxylic acids is 1. The van der Waals surface area contributed by atoms with Gasteiger partial charge in [-0.25, -0.2) is 9.78 Å². The lowest BCUT2D eigenvalue weighted by Crippen LogP contribution is -2.10. The highest BCUT2D eigenvalue weighted by atomic mass is 16.4. The maximum Gasteiger partial charge on any atom is 0.354 e. The largest absolute Gasteiger partial charge is 0.477 e. The number of amides is 1. The number of nitrogens with one attached hydrogen (secondary N) is 1. The van der Waals surface area contributed by atoms with Crippen LogP contribution in [0.15, 0.2) is 42.6 Å². The molecule has 0 saturated heterocycles.